The average Bonchev–Trinajstić information content (AvgIpc) is 2.54. The van der Waals surface area contributed by atoms with Crippen molar-refractivity contribution in [2.75, 3.05) is 6.61 Å². The third-order valence-corrected chi connectivity index (χ3v) is 3.94. The van der Waals surface area contributed by atoms with Crippen LogP contribution < -0.4 is 0 Å². The Morgan fingerprint density at radius 1 is 0.957 bits per heavy atom. The molecule has 0 aliphatic carbocycles. The minimum atomic E-state index is -0.392. The zero-order valence-corrected chi connectivity index (χ0v) is 13.9. The predicted octanol–water partition coefficient (Wildman–Crippen LogP) is 4.30. The fraction of sp³-hybridized carbons (Fsp3) is 0.300. The Morgan fingerprint density at radius 3 is 2.22 bits per heavy atom. The van der Waals surface area contributed by atoms with Crippen molar-refractivity contribution in [1.29, 1.82) is 0 Å². The zero-order chi connectivity index (χ0) is 16.8. The van der Waals surface area contributed by atoms with Gasteiger partial charge in [0.15, 0.2) is 5.78 Å². The molecule has 0 fully saturated rings. The molecule has 0 saturated heterocycles. The molecule has 0 amide bonds. The van der Waals surface area contributed by atoms with Gasteiger partial charge < -0.3 is 4.74 Å². The highest BCUT2D eigenvalue weighted by Crippen LogP contribution is 2.17. The number of hydrogen-bond acceptors (Lipinski definition) is 3. The van der Waals surface area contributed by atoms with Crippen molar-refractivity contribution in [1.82, 2.24) is 0 Å². The first-order valence-electron chi connectivity index (χ1n) is 7.88. The van der Waals surface area contributed by atoms with Gasteiger partial charge in [0.25, 0.3) is 0 Å². The van der Waals surface area contributed by atoms with Crippen LogP contribution in [0.15, 0.2) is 42.5 Å². The largest absolute Gasteiger partial charge is 0.462 e. The van der Waals surface area contributed by atoms with Crippen LogP contribution in [-0.2, 0) is 11.2 Å². The maximum absolute atomic E-state index is 12.4. The molecule has 0 aliphatic rings. The van der Waals surface area contributed by atoms with Gasteiger partial charge in [-0.1, -0.05) is 30.3 Å². The SMILES string of the molecule is CCOC(=O)c1cccc(C(=O)CCc2c(C)cccc2C)c1. The van der Waals surface area contributed by atoms with Gasteiger partial charge in [0.1, 0.15) is 0 Å². The van der Waals surface area contributed by atoms with Crippen molar-refractivity contribution < 1.29 is 14.3 Å². The second kappa shape index (κ2) is 7.73. The Morgan fingerprint density at radius 2 is 1.57 bits per heavy atom. The Bertz CT molecular complexity index is 696. The lowest BCUT2D eigenvalue weighted by Crippen LogP contribution is -2.08. The maximum atomic E-state index is 12.4. The molecular formula is C20H22O3. The fourth-order valence-corrected chi connectivity index (χ4v) is 2.66. The molecule has 23 heavy (non-hydrogen) atoms. The summed E-state index contributed by atoms with van der Waals surface area (Å²) in [5, 5.41) is 0. The molecule has 0 spiro atoms. The lowest BCUT2D eigenvalue weighted by atomic mass is 9.95. The minimum absolute atomic E-state index is 0.0406. The van der Waals surface area contributed by atoms with Crippen LogP contribution in [-0.4, -0.2) is 18.4 Å². The zero-order valence-electron chi connectivity index (χ0n) is 13.9. The lowest BCUT2D eigenvalue weighted by Gasteiger charge is -2.09. The van der Waals surface area contributed by atoms with Gasteiger partial charge in [-0.25, -0.2) is 4.79 Å². The summed E-state index contributed by atoms with van der Waals surface area (Å²) in [6, 6.07) is 12.9. The molecular weight excluding hydrogens is 288 g/mol. The molecule has 0 N–H and O–H groups in total. The van der Waals surface area contributed by atoms with E-state index < -0.39 is 5.97 Å². The highest BCUT2D eigenvalue weighted by Gasteiger charge is 2.12. The number of rotatable bonds is 6. The number of hydrogen-bond donors (Lipinski definition) is 0. The van der Waals surface area contributed by atoms with Crippen molar-refractivity contribution in [2.45, 2.75) is 33.6 Å². The highest BCUT2D eigenvalue weighted by atomic mass is 16.5. The van der Waals surface area contributed by atoms with Crippen LogP contribution in [0.4, 0.5) is 0 Å². The first kappa shape index (κ1) is 16.9. The highest BCUT2D eigenvalue weighted by molar-refractivity contribution is 5.99. The van der Waals surface area contributed by atoms with Crippen LogP contribution >= 0.6 is 0 Å². The van der Waals surface area contributed by atoms with Gasteiger partial charge in [-0.05, 0) is 56.0 Å². The van der Waals surface area contributed by atoms with E-state index in [9.17, 15) is 9.59 Å². The number of carbonyl (C=O) groups is 2. The fourth-order valence-electron chi connectivity index (χ4n) is 2.66. The van der Waals surface area contributed by atoms with Crippen molar-refractivity contribution in [3.05, 3.63) is 70.3 Å². The van der Waals surface area contributed by atoms with E-state index in [0.29, 0.717) is 30.6 Å². The van der Waals surface area contributed by atoms with Crippen molar-refractivity contribution >= 4 is 11.8 Å². The summed E-state index contributed by atoms with van der Waals surface area (Å²) in [7, 11) is 0. The Balaban J connectivity index is 2.09. The molecule has 0 atom stereocenters. The molecule has 0 unspecified atom stereocenters. The monoisotopic (exact) mass is 310 g/mol. The van der Waals surface area contributed by atoms with Crippen molar-refractivity contribution in [2.24, 2.45) is 0 Å². The Labute approximate surface area is 137 Å². The van der Waals surface area contributed by atoms with Gasteiger partial charge in [0, 0.05) is 12.0 Å². The second-order valence-corrected chi connectivity index (χ2v) is 5.59. The van der Waals surface area contributed by atoms with Crippen LogP contribution in [0.25, 0.3) is 0 Å². The minimum Gasteiger partial charge on any atom is -0.462 e. The van der Waals surface area contributed by atoms with Gasteiger partial charge in [-0.2, -0.15) is 0 Å². The Kier molecular flexibility index (Phi) is 5.69. The summed E-state index contributed by atoms with van der Waals surface area (Å²) in [6.07, 6.45) is 1.14. The van der Waals surface area contributed by atoms with E-state index in [-0.39, 0.29) is 5.78 Å². The standard InChI is InChI=1S/C20H22O3/c1-4-23-20(22)17-10-6-9-16(13-17)19(21)12-11-18-14(2)7-5-8-15(18)3/h5-10,13H,4,11-12H2,1-3H3. The van der Waals surface area contributed by atoms with Gasteiger partial charge in [-0.3, -0.25) is 4.79 Å². The van der Waals surface area contributed by atoms with E-state index in [4.69, 9.17) is 4.74 Å². The van der Waals surface area contributed by atoms with E-state index in [1.165, 1.54) is 16.7 Å². The number of esters is 1. The summed E-state index contributed by atoms with van der Waals surface area (Å²) in [5.74, 6) is -0.351. The summed E-state index contributed by atoms with van der Waals surface area (Å²) >= 11 is 0. The van der Waals surface area contributed by atoms with Crippen molar-refractivity contribution in [3.8, 4) is 0 Å². The second-order valence-electron chi connectivity index (χ2n) is 5.59. The number of ether oxygens (including phenoxy) is 1. The topological polar surface area (TPSA) is 43.4 Å². The number of Topliss-reactive ketones (excluding diaryl/α,β-unsaturated/α-hetero) is 1. The van der Waals surface area contributed by atoms with E-state index in [0.717, 1.165) is 0 Å². The number of carbonyl (C=O) groups excluding carboxylic acids is 2. The molecule has 3 nitrogen and oxygen atoms in total. The molecule has 0 aliphatic heterocycles. The number of ketones is 1. The molecule has 0 saturated carbocycles. The third-order valence-electron chi connectivity index (χ3n) is 3.94. The van der Waals surface area contributed by atoms with Crippen LogP contribution in [0.2, 0.25) is 0 Å². The third kappa shape index (κ3) is 4.28. The smallest absolute Gasteiger partial charge is 0.338 e. The van der Waals surface area contributed by atoms with Crippen LogP contribution in [0.5, 0.6) is 0 Å². The summed E-state index contributed by atoms with van der Waals surface area (Å²) < 4.78 is 4.97. The number of benzene rings is 2. The molecule has 0 bridgehead atoms. The predicted molar refractivity (Wildman–Crippen MR) is 91.0 cm³/mol. The normalized spacial score (nSPS) is 10.4. The van der Waals surface area contributed by atoms with Crippen molar-refractivity contribution in [3.63, 3.8) is 0 Å². The molecule has 2 aromatic rings. The molecule has 0 aromatic heterocycles. The maximum Gasteiger partial charge on any atom is 0.338 e. The quantitative estimate of drug-likeness (QED) is 0.590. The first-order valence-corrected chi connectivity index (χ1v) is 7.88. The van der Waals surface area contributed by atoms with Gasteiger partial charge in [0.05, 0.1) is 12.2 Å². The van der Waals surface area contributed by atoms with Crippen LogP contribution in [0.3, 0.4) is 0 Å². The molecule has 3 heteroatoms. The number of aryl methyl sites for hydroxylation is 2. The molecule has 0 heterocycles. The van der Waals surface area contributed by atoms with Gasteiger partial charge in [0.2, 0.25) is 0 Å². The van der Waals surface area contributed by atoms with Crippen LogP contribution in [0, 0.1) is 13.8 Å². The van der Waals surface area contributed by atoms with E-state index in [1.807, 2.05) is 6.07 Å². The summed E-state index contributed by atoms with van der Waals surface area (Å²) in [6.45, 7) is 6.21. The van der Waals surface area contributed by atoms with E-state index in [2.05, 4.69) is 26.0 Å². The summed E-state index contributed by atoms with van der Waals surface area (Å²) in [4.78, 5) is 24.2. The van der Waals surface area contributed by atoms with Gasteiger partial charge >= 0.3 is 5.97 Å². The molecule has 0 radical (unpaired) electrons. The Hall–Kier alpha value is -2.42. The lowest BCUT2D eigenvalue weighted by molar-refractivity contribution is 0.0526. The molecule has 2 rings (SSSR count). The molecule has 2 aromatic carbocycles. The van der Waals surface area contributed by atoms with E-state index >= 15 is 0 Å². The van der Waals surface area contributed by atoms with Gasteiger partial charge in [-0.15, -0.1) is 0 Å². The molecule has 120 valence electrons. The first-order chi connectivity index (χ1) is 11.0. The van der Waals surface area contributed by atoms with E-state index in [1.54, 1.807) is 31.2 Å². The van der Waals surface area contributed by atoms with Crippen LogP contribution in [0.1, 0.15) is 50.8 Å². The average molecular weight is 310 g/mol. The summed E-state index contributed by atoms with van der Waals surface area (Å²) in [5.41, 5.74) is 4.62.